The molecule has 0 bridgehead atoms. The van der Waals surface area contributed by atoms with Gasteiger partial charge in [-0.3, -0.25) is 24.6 Å². The van der Waals surface area contributed by atoms with Crippen molar-refractivity contribution >= 4 is 34.6 Å². The fourth-order valence-electron chi connectivity index (χ4n) is 6.15. The predicted molar refractivity (Wildman–Crippen MR) is 205 cm³/mol. The number of hydrogen-bond donors (Lipinski definition) is 0. The van der Waals surface area contributed by atoms with Gasteiger partial charge in [-0.1, -0.05) is 68.9 Å². The molecule has 3 aliphatic rings. The molecular weight excluding hydrogens is 633 g/mol. The van der Waals surface area contributed by atoms with Gasteiger partial charge in [-0.15, -0.1) is 24.1 Å². The molecule has 3 rings (SSSR count). The summed E-state index contributed by atoms with van der Waals surface area (Å²) in [5.74, 6) is 4.21. The van der Waals surface area contributed by atoms with Crippen molar-refractivity contribution in [3.63, 3.8) is 0 Å². The van der Waals surface area contributed by atoms with Gasteiger partial charge in [-0.05, 0) is 76.2 Å². The first kappa shape index (κ1) is 39.7. The maximum atomic E-state index is 14.4. The molecule has 0 unspecified atom stereocenters. The summed E-state index contributed by atoms with van der Waals surface area (Å²) in [6, 6.07) is -0.273. The number of terminal acetylenes is 1. The number of rotatable bonds is 12. The van der Waals surface area contributed by atoms with Crippen LogP contribution < -0.4 is 0 Å². The van der Waals surface area contributed by atoms with E-state index in [9.17, 15) is 9.59 Å². The van der Waals surface area contributed by atoms with Crippen LogP contribution in [0.2, 0.25) is 0 Å². The fraction of sp³-hybridized carbons (Fsp3) is 0.550. The summed E-state index contributed by atoms with van der Waals surface area (Å²) in [6.07, 6.45) is 26.5. The van der Waals surface area contributed by atoms with Crippen molar-refractivity contribution in [3.8, 4) is 12.3 Å². The minimum Gasteiger partial charge on any atom is -0.496 e. The van der Waals surface area contributed by atoms with Gasteiger partial charge in [0.2, 0.25) is 5.91 Å². The van der Waals surface area contributed by atoms with Crippen molar-refractivity contribution in [1.82, 2.24) is 9.80 Å². The minimum absolute atomic E-state index is 0.0177. The maximum absolute atomic E-state index is 14.4. The Kier molecular flexibility index (Phi) is 15.3. The number of aliphatic imine (C=N–C) groups is 2. The highest BCUT2D eigenvalue weighted by atomic mass is 32.2. The molecule has 0 aromatic carbocycles. The zero-order valence-corrected chi connectivity index (χ0v) is 31.8. The van der Waals surface area contributed by atoms with E-state index in [4.69, 9.17) is 25.9 Å². The molecule has 0 radical (unpaired) electrons. The second kappa shape index (κ2) is 18.8. The lowest BCUT2D eigenvalue weighted by Gasteiger charge is -2.30. The van der Waals surface area contributed by atoms with Gasteiger partial charge in [0.25, 0.3) is 0 Å². The lowest BCUT2D eigenvalue weighted by atomic mass is 9.81. The van der Waals surface area contributed by atoms with E-state index in [0.717, 1.165) is 47.0 Å². The number of carbonyl (C=O) groups excluding carboxylic acids is 2. The molecular formula is C40H56N4O4S. The van der Waals surface area contributed by atoms with E-state index in [0.29, 0.717) is 19.5 Å². The number of amidine groups is 1. The summed E-state index contributed by atoms with van der Waals surface area (Å²) in [6.45, 7) is 15.3. The van der Waals surface area contributed by atoms with Crippen molar-refractivity contribution < 1.29 is 19.1 Å². The van der Waals surface area contributed by atoms with Crippen molar-refractivity contribution in [2.45, 2.75) is 86.2 Å². The van der Waals surface area contributed by atoms with Crippen LogP contribution in [0, 0.1) is 29.6 Å². The van der Waals surface area contributed by atoms with Crippen LogP contribution in [-0.4, -0.2) is 84.4 Å². The van der Waals surface area contributed by atoms with Crippen molar-refractivity contribution in [2.24, 2.45) is 27.2 Å². The van der Waals surface area contributed by atoms with Crippen LogP contribution in [0.4, 0.5) is 4.79 Å². The van der Waals surface area contributed by atoms with Crippen LogP contribution in [0.15, 0.2) is 81.1 Å². The van der Waals surface area contributed by atoms with Crippen molar-refractivity contribution in [1.29, 1.82) is 0 Å². The summed E-state index contributed by atoms with van der Waals surface area (Å²) in [4.78, 5) is 41.2. The standard InChI is InChI=1S/C40H56N4O4S/c1-11-22-40(7,8)33(12-2)27-48-39(46)43-23-16-19-34(43)38(49-10)41-25-36(45)44(37(42-28(3)4)31-17-14-13-15-18-31)26-32-21-20-29(5)30(6)24-35(32)47-9/h1,12-15,17,20-21,24,28-29,31,34H,16,18-19,22-23,25-27H2,2-10H3/b33-12-,41-38?,42-37?/t29-,31-,34+/m0/s1. The number of thioether (sulfide) groups is 1. The highest BCUT2D eigenvalue weighted by molar-refractivity contribution is 8.13. The molecule has 0 N–H and O–H groups in total. The second-order valence-corrected chi connectivity index (χ2v) is 14.5. The van der Waals surface area contributed by atoms with E-state index in [1.165, 1.54) is 17.3 Å². The zero-order chi connectivity index (χ0) is 36.1. The molecule has 1 saturated heterocycles. The lowest BCUT2D eigenvalue weighted by molar-refractivity contribution is -0.125. The van der Waals surface area contributed by atoms with E-state index in [1.807, 2.05) is 45.3 Å². The molecule has 1 fully saturated rings. The number of methoxy groups -OCH3 is 1. The molecule has 3 atom stereocenters. The molecule has 2 aliphatic carbocycles. The summed E-state index contributed by atoms with van der Waals surface area (Å²) in [5.41, 5.74) is 2.80. The Bertz CT molecular complexity index is 1490. The summed E-state index contributed by atoms with van der Waals surface area (Å²) >= 11 is 1.47. The second-order valence-electron chi connectivity index (χ2n) is 13.7. The van der Waals surface area contributed by atoms with E-state index >= 15 is 0 Å². The largest absolute Gasteiger partial charge is 0.496 e. The first-order valence-electron chi connectivity index (χ1n) is 17.3. The van der Waals surface area contributed by atoms with Gasteiger partial charge >= 0.3 is 6.09 Å². The number of allylic oxidation sites excluding steroid dienone is 7. The Labute approximate surface area is 299 Å². The Morgan fingerprint density at radius 2 is 2.02 bits per heavy atom. The van der Waals surface area contributed by atoms with Crippen LogP contribution >= 0.6 is 11.8 Å². The number of likely N-dealkylation sites (tertiary alicyclic amines) is 1. The average Bonchev–Trinajstić information content (AvgIpc) is 3.52. The highest BCUT2D eigenvalue weighted by Gasteiger charge is 2.35. The smallest absolute Gasteiger partial charge is 0.410 e. The van der Waals surface area contributed by atoms with Crippen LogP contribution in [0.5, 0.6) is 0 Å². The maximum Gasteiger partial charge on any atom is 0.410 e. The number of amides is 2. The monoisotopic (exact) mass is 688 g/mol. The third kappa shape index (κ3) is 10.9. The number of nitrogens with zero attached hydrogens (tertiary/aromatic N) is 4. The van der Waals surface area contributed by atoms with Crippen LogP contribution in [0.3, 0.4) is 0 Å². The molecule has 0 aromatic rings. The SMILES string of the molecule is C#CCC(C)(C)/C(=C\C)COC(=O)N1CCC[C@@H]1C(=NCC(=O)N(CC1=C(OC)C=C(C)[C@@H](C)C=C1)C(=NC(C)C)[C@H]1C=CC=CC1)SC. The van der Waals surface area contributed by atoms with Crippen LogP contribution in [-0.2, 0) is 14.3 Å². The fourth-order valence-corrected chi connectivity index (χ4v) is 6.87. The molecule has 2 amide bonds. The number of hydrogen-bond acceptors (Lipinski definition) is 7. The Morgan fingerprint density at radius 1 is 1.27 bits per heavy atom. The van der Waals surface area contributed by atoms with E-state index in [-0.39, 0.29) is 54.5 Å². The van der Waals surface area contributed by atoms with Gasteiger partial charge in [0.05, 0.1) is 24.7 Å². The van der Waals surface area contributed by atoms with Crippen molar-refractivity contribution in [3.05, 3.63) is 71.1 Å². The molecule has 9 heteroatoms. The number of ether oxygens (including phenoxy) is 2. The normalized spacial score (nSPS) is 21.9. The topological polar surface area (TPSA) is 83.8 Å². The van der Waals surface area contributed by atoms with E-state index < -0.39 is 0 Å². The molecule has 0 aromatic heterocycles. The highest BCUT2D eigenvalue weighted by Crippen LogP contribution is 2.31. The minimum atomic E-state index is -0.381. The van der Waals surface area contributed by atoms with Crippen LogP contribution in [0.25, 0.3) is 0 Å². The predicted octanol–water partition coefficient (Wildman–Crippen LogP) is 8.17. The Morgan fingerprint density at radius 3 is 2.63 bits per heavy atom. The summed E-state index contributed by atoms with van der Waals surface area (Å²) in [7, 11) is 1.66. The third-order valence-electron chi connectivity index (χ3n) is 9.27. The molecule has 1 aliphatic heterocycles. The molecule has 0 saturated carbocycles. The first-order chi connectivity index (χ1) is 23.4. The summed E-state index contributed by atoms with van der Waals surface area (Å²) in [5, 5.41) is 0.739. The van der Waals surface area contributed by atoms with Crippen LogP contribution in [0.1, 0.15) is 74.1 Å². The van der Waals surface area contributed by atoms with E-state index in [2.05, 4.69) is 64.0 Å². The van der Waals surface area contributed by atoms with Gasteiger partial charge in [-0.25, -0.2) is 4.79 Å². The van der Waals surface area contributed by atoms with Gasteiger partial charge in [0.15, 0.2) is 0 Å². The van der Waals surface area contributed by atoms with Gasteiger partial charge in [0.1, 0.15) is 24.7 Å². The molecule has 0 spiro atoms. The number of carbonyl (C=O) groups is 2. The molecule has 8 nitrogen and oxygen atoms in total. The zero-order valence-electron chi connectivity index (χ0n) is 31.0. The quantitative estimate of drug-likeness (QED) is 0.0894. The van der Waals surface area contributed by atoms with Crippen molar-refractivity contribution in [2.75, 3.05) is 39.6 Å². The molecule has 1 heterocycles. The van der Waals surface area contributed by atoms with Gasteiger partial charge in [0, 0.05) is 30.5 Å². The van der Waals surface area contributed by atoms with Gasteiger partial charge in [-0.2, -0.15) is 0 Å². The molecule has 266 valence electrons. The summed E-state index contributed by atoms with van der Waals surface area (Å²) < 4.78 is 11.7. The average molecular weight is 689 g/mol. The third-order valence-corrected chi connectivity index (χ3v) is 10.1. The van der Waals surface area contributed by atoms with Gasteiger partial charge < -0.3 is 9.47 Å². The lowest BCUT2D eigenvalue weighted by Crippen LogP contribution is -2.44. The molecule has 49 heavy (non-hydrogen) atoms. The Hall–Kier alpha value is -3.77. The van der Waals surface area contributed by atoms with E-state index in [1.54, 1.807) is 16.9 Å². The Balaban J connectivity index is 1.91. The first-order valence-corrected chi connectivity index (χ1v) is 18.5.